The van der Waals surface area contributed by atoms with Gasteiger partial charge in [0.2, 0.25) is 5.89 Å². The molecule has 0 spiro atoms. The smallest absolute Gasteiger partial charge is 0.262 e. The average molecular weight is 385 g/mol. The number of benzene rings is 2. The summed E-state index contributed by atoms with van der Waals surface area (Å²) in [6, 6.07) is 12.6. The van der Waals surface area contributed by atoms with E-state index in [9.17, 15) is 0 Å². The molecule has 0 amide bonds. The minimum Gasteiger partial charge on any atom is -0.415 e. The lowest BCUT2D eigenvalue weighted by Crippen LogP contribution is -1.99. The molecule has 0 aliphatic carbocycles. The van der Waals surface area contributed by atoms with E-state index in [1.165, 1.54) is 0 Å². The van der Waals surface area contributed by atoms with Crippen molar-refractivity contribution in [1.82, 2.24) is 10.2 Å². The van der Waals surface area contributed by atoms with E-state index in [-0.39, 0.29) is 0 Å². The molecular formula is C19H14Cl2N4O. The van der Waals surface area contributed by atoms with Crippen molar-refractivity contribution in [2.24, 2.45) is 4.99 Å². The highest BCUT2D eigenvalue weighted by molar-refractivity contribution is 6.33. The fraction of sp³-hybridized carbons (Fsp3) is 0.158. The number of nitrogens with zero attached hydrogens (tertiary/aromatic N) is 4. The lowest BCUT2D eigenvalue weighted by Gasteiger charge is -2.06. The minimum absolute atomic E-state index is 0.336. The van der Waals surface area contributed by atoms with Gasteiger partial charge in [-0.05, 0) is 49.2 Å². The third kappa shape index (κ3) is 3.62. The van der Waals surface area contributed by atoms with Crippen LogP contribution in [0.4, 0.5) is 5.69 Å². The molecule has 0 bridgehead atoms. The van der Waals surface area contributed by atoms with Gasteiger partial charge in [0, 0.05) is 10.6 Å². The third-order valence-corrected chi connectivity index (χ3v) is 4.53. The second-order valence-electron chi connectivity index (χ2n) is 5.52. The predicted molar refractivity (Wildman–Crippen MR) is 102 cm³/mol. The molecule has 7 heteroatoms. The van der Waals surface area contributed by atoms with Gasteiger partial charge >= 0.3 is 0 Å². The molecular weight excluding hydrogens is 371 g/mol. The second-order valence-corrected chi connectivity index (χ2v) is 6.33. The molecule has 5 nitrogen and oxygen atoms in total. The summed E-state index contributed by atoms with van der Waals surface area (Å²) in [6.45, 7) is 3.77. The Bertz CT molecular complexity index is 1030. The van der Waals surface area contributed by atoms with Crippen LogP contribution >= 0.6 is 23.2 Å². The summed E-state index contributed by atoms with van der Waals surface area (Å²) in [5, 5.41) is 18.2. The molecule has 0 aliphatic heterocycles. The first-order chi connectivity index (χ1) is 12.5. The van der Waals surface area contributed by atoms with Crippen LogP contribution in [0.15, 0.2) is 45.8 Å². The van der Waals surface area contributed by atoms with E-state index < -0.39 is 0 Å². The molecule has 2 aromatic carbocycles. The van der Waals surface area contributed by atoms with Gasteiger partial charge in [0.05, 0.1) is 16.3 Å². The lowest BCUT2D eigenvalue weighted by molar-refractivity contribution is 0.556. The summed E-state index contributed by atoms with van der Waals surface area (Å²) in [7, 11) is 0. The van der Waals surface area contributed by atoms with E-state index in [4.69, 9.17) is 32.9 Å². The number of hydrogen-bond acceptors (Lipinski definition) is 5. The Kier molecular flexibility index (Phi) is 5.36. The Hall–Kier alpha value is -2.68. The van der Waals surface area contributed by atoms with Gasteiger partial charge in [-0.1, -0.05) is 36.2 Å². The number of halogens is 2. The zero-order chi connectivity index (χ0) is 18.7. The number of nitriles is 1. The van der Waals surface area contributed by atoms with Crippen molar-refractivity contribution in [3.63, 3.8) is 0 Å². The maximum Gasteiger partial charge on any atom is 0.262 e. The molecule has 1 aromatic heterocycles. The lowest BCUT2D eigenvalue weighted by atomic mass is 10.1. The van der Waals surface area contributed by atoms with Gasteiger partial charge in [-0.3, -0.25) is 0 Å². The van der Waals surface area contributed by atoms with Crippen LogP contribution in [-0.2, 0) is 0 Å². The first-order valence-corrected chi connectivity index (χ1v) is 8.65. The van der Waals surface area contributed by atoms with Crippen molar-refractivity contribution in [2.45, 2.75) is 20.3 Å². The zero-order valence-electron chi connectivity index (χ0n) is 14.1. The van der Waals surface area contributed by atoms with Crippen LogP contribution in [-0.4, -0.2) is 15.9 Å². The van der Waals surface area contributed by atoms with Crippen LogP contribution in [0.25, 0.3) is 11.5 Å². The van der Waals surface area contributed by atoms with Crippen LogP contribution in [0.1, 0.15) is 30.4 Å². The van der Waals surface area contributed by atoms with Gasteiger partial charge in [0.25, 0.3) is 5.89 Å². The fourth-order valence-corrected chi connectivity index (χ4v) is 2.78. The number of hydrogen-bond donors (Lipinski definition) is 0. The Labute approximate surface area is 160 Å². The van der Waals surface area contributed by atoms with Crippen LogP contribution in [0.2, 0.25) is 10.0 Å². The molecule has 130 valence electrons. The van der Waals surface area contributed by atoms with Crippen molar-refractivity contribution < 1.29 is 4.42 Å². The van der Waals surface area contributed by atoms with E-state index >= 15 is 0 Å². The van der Waals surface area contributed by atoms with Crippen molar-refractivity contribution in [3.8, 4) is 17.5 Å². The Morgan fingerprint density at radius 2 is 2.04 bits per heavy atom. The summed E-state index contributed by atoms with van der Waals surface area (Å²) >= 11 is 12.2. The third-order valence-electron chi connectivity index (χ3n) is 3.81. The molecule has 0 atom stereocenters. The summed E-state index contributed by atoms with van der Waals surface area (Å²) in [5.74, 6) is 0.709. The molecule has 0 radical (unpaired) electrons. The van der Waals surface area contributed by atoms with Gasteiger partial charge in [-0.25, -0.2) is 4.99 Å². The summed E-state index contributed by atoms with van der Waals surface area (Å²) < 4.78 is 5.77. The van der Waals surface area contributed by atoms with Crippen LogP contribution in [0, 0.1) is 18.3 Å². The van der Waals surface area contributed by atoms with Gasteiger partial charge < -0.3 is 4.42 Å². The summed E-state index contributed by atoms with van der Waals surface area (Å²) in [6.07, 6.45) is 0.592. The standard InChI is InChI=1S/C19H14Cl2N4O/c1-3-15(23-16-8-7-13(10-22)17(21)11(16)2)19-25-24-18(26-19)12-5-4-6-14(20)9-12/h4-9H,3H2,1-2H3. The molecule has 0 N–H and O–H groups in total. The Balaban J connectivity index is 1.99. The minimum atomic E-state index is 0.336. The predicted octanol–water partition coefficient (Wildman–Crippen LogP) is 5.75. The summed E-state index contributed by atoms with van der Waals surface area (Å²) in [4.78, 5) is 4.61. The Morgan fingerprint density at radius 1 is 1.23 bits per heavy atom. The van der Waals surface area contributed by atoms with Crippen molar-refractivity contribution in [3.05, 3.63) is 63.5 Å². The monoisotopic (exact) mass is 384 g/mol. The second kappa shape index (κ2) is 7.69. The normalized spacial score (nSPS) is 11.4. The zero-order valence-corrected chi connectivity index (χ0v) is 15.6. The Morgan fingerprint density at radius 3 is 2.73 bits per heavy atom. The molecule has 0 aliphatic rings. The maximum atomic E-state index is 9.06. The molecule has 3 aromatic rings. The topological polar surface area (TPSA) is 75.1 Å². The van der Waals surface area contributed by atoms with Crippen LogP contribution in [0.5, 0.6) is 0 Å². The van der Waals surface area contributed by atoms with E-state index in [1.54, 1.807) is 24.3 Å². The SMILES string of the molecule is CCC(=Nc1ccc(C#N)c(Cl)c1C)c1nnc(-c2cccc(Cl)c2)o1. The molecule has 0 unspecified atom stereocenters. The first-order valence-electron chi connectivity index (χ1n) is 7.90. The molecule has 0 fully saturated rings. The van der Waals surface area contributed by atoms with Gasteiger partial charge in [0.1, 0.15) is 11.8 Å². The van der Waals surface area contributed by atoms with Crippen molar-refractivity contribution >= 4 is 34.6 Å². The van der Waals surface area contributed by atoms with E-state index in [2.05, 4.69) is 21.3 Å². The molecule has 1 heterocycles. The summed E-state index contributed by atoms with van der Waals surface area (Å²) in [5.41, 5.74) is 3.18. The van der Waals surface area contributed by atoms with E-state index in [0.717, 1.165) is 11.1 Å². The van der Waals surface area contributed by atoms with Crippen LogP contribution < -0.4 is 0 Å². The highest BCUT2D eigenvalue weighted by Gasteiger charge is 2.15. The molecule has 0 saturated heterocycles. The number of aromatic nitrogens is 2. The average Bonchev–Trinajstić information content (AvgIpc) is 3.13. The highest BCUT2D eigenvalue weighted by Crippen LogP contribution is 2.30. The molecule has 0 saturated carbocycles. The number of aliphatic imine (C=N–C) groups is 1. The van der Waals surface area contributed by atoms with Gasteiger partial charge in [0.15, 0.2) is 0 Å². The maximum absolute atomic E-state index is 9.06. The molecule has 3 rings (SSSR count). The highest BCUT2D eigenvalue weighted by atomic mass is 35.5. The van der Waals surface area contributed by atoms with Crippen molar-refractivity contribution in [2.75, 3.05) is 0 Å². The van der Waals surface area contributed by atoms with E-state index in [0.29, 0.717) is 45.2 Å². The fourth-order valence-electron chi connectivity index (χ4n) is 2.38. The van der Waals surface area contributed by atoms with Crippen molar-refractivity contribution in [1.29, 1.82) is 5.26 Å². The van der Waals surface area contributed by atoms with E-state index in [1.807, 2.05) is 26.0 Å². The van der Waals surface area contributed by atoms with Crippen LogP contribution in [0.3, 0.4) is 0 Å². The quantitative estimate of drug-likeness (QED) is 0.536. The largest absolute Gasteiger partial charge is 0.415 e. The first kappa shape index (κ1) is 18.1. The number of rotatable bonds is 4. The van der Waals surface area contributed by atoms with Gasteiger partial charge in [-0.2, -0.15) is 5.26 Å². The molecule has 26 heavy (non-hydrogen) atoms. The van der Waals surface area contributed by atoms with Gasteiger partial charge in [-0.15, -0.1) is 10.2 Å².